The van der Waals surface area contributed by atoms with Gasteiger partial charge in [0.05, 0.1) is 19.0 Å². The lowest BCUT2D eigenvalue weighted by Gasteiger charge is -2.35. The zero-order chi connectivity index (χ0) is 15.9. The second-order valence-electron chi connectivity index (χ2n) is 6.00. The molecule has 1 heterocycles. The molecule has 0 aromatic carbocycles. The third-order valence-electron chi connectivity index (χ3n) is 2.95. The Labute approximate surface area is 125 Å². The molecule has 1 rings (SSSR count). The van der Waals surface area contributed by atoms with Gasteiger partial charge in [0.2, 0.25) is 5.91 Å². The summed E-state index contributed by atoms with van der Waals surface area (Å²) in [4.78, 5) is 27.2. The first-order valence-corrected chi connectivity index (χ1v) is 7.16. The summed E-state index contributed by atoms with van der Waals surface area (Å²) in [5.41, 5.74) is -0.491. The van der Waals surface area contributed by atoms with Crippen LogP contribution >= 0.6 is 0 Å². The van der Waals surface area contributed by atoms with Crippen LogP contribution in [0.1, 0.15) is 27.2 Å². The van der Waals surface area contributed by atoms with E-state index in [1.807, 2.05) is 31.7 Å². The molecule has 2 amide bonds. The largest absolute Gasteiger partial charge is 0.444 e. The maximum atomic E-state index is 11.9. The Hall–Kier alpha value is -1.81. The van der Waals surface area contributed by atoms with Crippen LogP contribution in [0.15, 0.2) is 0 Å². The van der Waals surface area contributed by atoms with Crippen LogP contribution in [0, 0.1) is 11.3 Å². The summed E-state index contributed by atoms with van der Waals surface area (Å²) in [5.74, 6) is -0.0871. The summed E-state index contributed by atoms with van der Waals surface area (Å²) in [7, 11) is 0. The van der Waals surface area contributed by atoms with E-state index in [2.05, 4.69) is 5.32 Å². The van der Waals surface area contributed by atoms with Crippen LogP contribution in [0.3, 0.4) is 0 Å². The number of nitrogens with one attached hydrogen (secondary N) is 1. The van der Waals surface area contributed by atoms with Crippen molar-refractivity contribution in [2.45, 2.75) is 32.8 Å². The molecule has 0 aromatic heterocycles. The van der Waals surface area contributed by atoms with E-state index in [0.29, 0.717) is 45.7 Å². The third-order valence-corrected chi connectivity index (χ3v) is 2.95. The number of carbonyl (C=O) groups is 2. The molecule has 1 saturated heterocycles. The molecule has 0 unspecified atom stereocenters. The molecule has 7 nitrogen and oxygen atoms in total. The minimum atomic E-state index is -0.491. The maximum absolute atomic E-state index is 11.9. The van der Waals surface area contributed by atoms with E-state index in [4.69, 9.17) is 10.00 Å². The van der Waals surface area contributed by atoms with Crippen LogP contribution in [0.2, 0.25) is 0 Å². The summed E-state index contributed by atoms with van der Waals surface area (Å²) < 4.78 is 5.32. The van der Waals surface area contributed by atoms with Crippen molar-refractivity contribution in [2.75, 3.05) is 39.3 Å². The van der Waals surface area contributed by atoms with Gasteiger partial charge < -0.3 is 15.0 Å². The van der Waals surface area contributed by atoms with Crippen molar-refractivity contribution in [3.05, 3.63) is 0 Å². The van der Waals surface area contributed by atoms with E-state index < -0.39 is 5.60 Å². The lowest BCUT2D eigenvalue weighted by Crippen LogP contribution is -2.52. The van der Waals surface area contributed by atoms with Crippen molar-refractivity contribution in [2.24, 2.45) is 0 Å². The Kier molecular flexibility index (Phi) is 6.43. The molecule has 7 heteroatoms. The average Bonchev–Trinajstić information content (AvgIpc) is 2.38. The normalized spacial score (nSPS) is 16.2. The molecule has 21 heavy (non-hydrogen) atoms. The monoisotopic (exact) mass is 296 g/mol. The molecule has 1 aliphatic rings. The molecule has 118 valence electrons. The van der Waals surface area contributed by atoms with Crippen LogP contribution in [0.25, 0.3) is 0 Å². The highest BCUT2D eigenvalue weighted by Crippen LogP contribution is 2.11. The lowest BCUT2D eigenvalue weighted by atomic mass is 10.2. The molecule has 0 aromatic rings. The third kappa shape index (κ3) is 6.95. The van der Waals surface area contributed by atoms with Gasteiger partial charge in [-0.25, -0.2) is 4.79 Å². The first kappa shape index (κ1) is 17.2. The number of ether oxygens (including phenoxy) is 1. The zero-order valence-electron chi connectivity index (χ0n) is 13.0. The first-order valence-electron chi connectivity index (χ1n) is 7.16. The lowest BCUT2D eigenvalue weighted by molar-refractivity contribution is -0.122. The smallest absolute Gasteiger partial charge is 0.410 e. The minimum absolute atomic E-state index is 0.0871. The van der Waals surface area contributed by atoms with Gasteiger partial charge in [0.25, 0.3) is 0 Å². The standard InChI is InChI=1S/C14H24N4O3/c1-14(2,3)21-13(20)18-9-7-17(8-10-18)11-12(19)16-6-4-5-15/h4,6-11H2,1-3H3,(H,16,19). The highest BCUT2D eigenvalue weighted by Gasteiger charge is 2.26. The maximum Gasteiger partial charge on any atom is 0.410 e. The van der Waals surface area contributed by atoms with Gasteiger partial charge in [-0.1, -0.05) is 0 Å². The highest BCUT2D eigenvalue weighted by atomic mass is 16.6. The van der Waals surface area contributed by atoms with Crippen LogP contribution < -0.4 is 5.32 Å². The molecule has 0 bridgehead atoms. The Morgan fingerprint density at radius 2 is 1.86 bits per heavy atom. The van der Waals surface area contributed by atoms with Gasteiger partial charge in [-0.15, -0.1) is 0 Å². The molecular formula is C14H24N4O3. The summed E-state index contributed by atoms with van der Waals surface area (Å²) in [6.45, 7) is 8.60. The van der Waals surface area contributed by atoms with Crippen molar-refractivity contribution in [3.63, 3.8) is 0 Å². The Morgan fingerprint density at radius 3 is 2.38 bits per heavy atom. The van der Waals surface area contributed by atoms with E-state index in [1.165, 1.54) is 0 Å². The fourth-order valence-electron chi connectivity index (χ4n) is 1.93. The van der Waals surface area contributed by atoms with Crippen molar-refractivity contribution < 1.29 is 14.3 Å². The molecule has 0 spiro atoms. The number of hydrogen-bond acceptors (Lipinski definition) is 5. The molecule has 1 N–H and O–H groups in total. The summed E-state index contributed by atoms with van der Waals surface area (Å²) in [6.07, 6.45) is 0.0126. The predicted octanol–water partition coefficient (Wildman–Crippen LogP) is 0.569. The molecule has 0 atom stereocenters. The van der Waals surface area contributed by atoms with Crippen LogP contribution in [0.5, 0.6) is 0 Å². The molecule has 1 aliphatic heterocycles. The SMILES string of the molecule is CC(C)(C)OC(=O)N1CCN(CC(=O)NCCC#N)CC1. The second kappa shape index (κ2) is 7.84. The quantitative estimate of drug-likeness (QED) is 0.767. The van der Waals surface area contributed by atoms with Gasteiger partial charge in [-0.3, -0.25) is 9.69 Å². The van der Waals surface area contributed by atoms with E-state index in [-0.39, 0.29) is 12.0 Å². The number of carbonyl (C=O) groups excluding carboxylic acids is 2. The number of nitrogens with zero attached hydrogens (tertiary/aromatic N) is 3. The van der Waals surface area contributed by atoms with Gasteiger partial charge in [-0.05, 0) is 20.8 Å². The molecule has 0 aliphatic carbocycles. The van der Waals surface area contributed by atoms with Gasteiger partial charge in [-0.2, -0.15) is 5.26 Å². The Bertz CT molecular complexity index is 403. The zero-order valence-corrected chi connectivity index (χ0v) is 13.0. The first-order chi connectivity index (χ1) is 9.81. The van der Waals surface area contributed by atoms with Crippen LogP contribution in [0.4, 0.5) is 4.79 Å². The molecule has 1 fully saturated rings. The molecule has 0 radical (unpaired) electrons. The number of piperazine rings is 1. The van der Waals surface area contributed by atoms with Crippen molar-refractivity contribution in [3.8, 4) is 6.07 Å². The number of amides is 2. The summed E-state index contributed by atoms with van der Waals surface area (Å²) in [5, 5.41) is 11.1. The van der Waals surface area contributed by atoms with Gasteiger partial charge in [0, 0.05) is 32.7 Å². The van der Waals surface area contributed by atoms with Crippen LogP contribution in [-0.2, 0) is 9.53 Å². The summed E-state index contributed by atoms with van der Waals surface area (Å²) >= 11 is 0. The van der Waals surface area contributed by atoms with E-state index in [9.17, 15) is 9.59 Å². The van der Waals surface area contributed by atoms with Gasteiger partial charge >= 0.3 is 6.09 Å². The van der Waals surface area contributed by atoms with E-state index in [0.717, 1.165) is 0 Å². The topological polar surface area (TPSA) is 85.7 Å². The Morgan fingerprint density at radius 1 is 1.24 bits per heavy atom. The van der Waals surface area contributed by atoms with Gasteiger partial charge in [0.1, 0.15) is 5.60 Å². The van der Waals surface area contributed by atoms with Crippen LogP contribution in [-0.4, -0.2) is 66.7 Å². The fraction of sp³-hybridized carbons (Fsp3) is 0.786. The van der Waals surface area contributed by atoms with E-state index in [1.54, 1.807) is 4.90 Å². The average molecular weight is 296 g/mol. The number of nitriles is 1. The summed E-state index contributed by atoms with van der Waals surface area (Å²) in [6, 6.07) is 1.98. The predicted molar refractivity (Wildman–Crippen MR) is 77.5 cm³/mol. The van der Waals surface area contributed by atoms with Crippen molar-refractivity contribution >= 4 is 12.0 Å². The van der Waals surface area contributed by atoms with Crippen molar-refractivity contribution in [1.82, 2.24) is 15.1 Å². The molecular weight excluding hydrogens is 272 g/mol. The Balaban J connectivity index is 2.27. The second-order valence-corrected chi connectivity index (χ2v) is 6.00. The van der Waals surface area contributed by atoms with Crippen molar-refractivity contribution in [1.29, 1.82) is 5.26 Å². The fourth-order valence-corrected chi connectivity index (χ4v) is 1.93. The number of rotatable bonds is 4. The minimum Gasteiger partial charge on any atom is -0.444 e. The molecule has 0 saturated carbocycles. The highest BCUT2D eigenvalue weighted by molar-refractivity contribution is 5.78. The number of hydrogen-bond donors (Lipinski definition) is 1. The van der Waals surface area contributed by atoms with E-state index >= 15 is 0 Å². The van der Waals surface area contributed by atoms with Gasteiger partial charge in [0.15, 0.2) is 0 Å².